The van der Waals surface area contributed by atoms with Gasteiger partial charge in [-0.15, -0.1) is 0 Å². The van der Waals surface area contributed by atoms with Gasteiger partial charge >= 0.3 is 0 Å². The Kier molecular flexibility index (Phi) is 5.17. The molecule has 0 unspecified atom stereocenters. The van der Waals surface area contributed by atoms with Gasteiger partial charge in [-0.2, -0.15) is 0 Å². The Hall–Kier alpha value is -1.62. The zero-order valence-electron chi connectivity index (χ0n) is 12.9. The van der Waals surface area contributed by atoms with Gasteiger partial charge < -0.3 is 10.6 Å². The molecule has 0 bridgehead atoms. The molecule has 112 valence electrons. The lowest BCUT2D eigenvalue weighted by Gasteiger charge is -2.15. The molecule has 21 heavy (non-hydrogen) atoms. The maximum absolute atomic E-state index is 4.52. The molecule has 1 aromatic carbocycles. The third-order valence-corrected chi connectivity index (χ3v) is 4.30. The molecule has 0 saturated carbocycles. The van der Waals surface area contributed by atoms with Crippen molar-refractivity contribution in [3.05, 3.63) is 39.6 Å². The Balaban J connectivity index is 2.35. The number of benzene rings is 1. The molecule has 1 aromatic heterocycles. The summed E-state index contributed by atoms with van der Waals surface area (Å²) in [6.07, 6.45) is 1.06. The van der Waals surface area contributed by atoms with E-state index in [1.807, 2.05) is 26.0 Å². The molecule has 5 heteroatoms. The molecule has 0 aliphatic heterocycles. The number of aryl methyl sites for hydroxylation is 2. The van der Waals surface area contributed by atoms with Crippen molar-refractivity contribution in [1.29, 1.82) is 0 Å². The van der Waals surface area contributed by atoms with Gasteiger partial charge in [0.05, 0.1) is 5.69 Å². The molecule has 2 rings (SSSR count). The van der Waals surface area contributed by atoms with E-state index in [0.29, 0.717) is 0 Å². The number of hydrogen-bond acceptors (Lipinski definition) is 4. The predicted octanol–water partition coefficient (Wildman–Crippen LogP) is 4.73. The number of halogens is 1. The van der Waals surface area contributed by atoms with Crippen molar-refractivity contribution in [3.63, 3.8) is 0 Å². The Morgan fingerprint density at radius 1 is 1.10 bits per heavy atom. The highest BCUT2D eigenvalue weighted by molar-refractivity contribution is 9.10. The monoisotopic (exact) mass is 348 g/mol. The zero-order chi connectivity index (χ0) is 15.4. The minimum Gasteiger partial charge on any atom is -0.370 e. The van der Waals surface area contributed by atoms with Gasteiger partial charge in [0.25, 0.3) is 0 Å². The van der Waals surface area contributed by atoms with E-state index >= 15 is 0 Å². The molecule has 4 nitrogen and oxygen atoms in total. The minimum atomic E-state index is 0.755. The first-order valence-electron chi connectivity index (χ1n) is 7.14. The van der Waals surface area contributed by atoms with E-state index in [1.54, 1.807) is 0 Å². The summed E-state index contributed by atoms with van der Waals surface area (Å²) in [6.45, 7) is 9.06. The van der Waals surface area contributed by atoms with Crippen LogP contribution in [0.25, 0.3) is 0 Å². The van der Waals surface area contributed by atoms with E-state index in [-0.39, 0.29) is 0 Å². The molecule has 1 heterocycles. The topological polar surface area (TPSA) is 49.8 Å². The van der Waals surface area contributed by atoms with Crippen LogP contribution in [0.15, 0.2) is 22.7 Å². The van der Waals surface area contributed by atoms with Crippen LogP contribution in [-0.2, 0) is 0 Å². The maximum Gasteiger partial charge on any atom is 0.139 e. The molecule has 2 N–H and O–H groups in total. The molecule has 0 fully saturated rings. The van der Waals surface area contributed by atoms with Crippen LogP contribution in [0.1, 0.15) is 30.3 Å². The van der Waals surface area contributed by atoms with Crippen molar-refractivity contribution in [2.75, 3.05) is 17.2 Å². The fourth-order valence-electron chi connectivity index (χ4n) is 2.04. The summed E-state index contributed by atoms with van der Waals surface area (Å²) in [7, 11) is 0. The second-order valence-electron chi connectivity index (χ2n) is 5.08. The molecule has 0 atom stereocenters. The largest absolute Gasteiger partial charge is 0.370 e. The van der Waals surface area contributed by atoms with Crippen molar-refractivity contribution < 1.29 is 0 Å². The quantitative estimate of drug-likeness (QED) is 0.819. The van der Waals surface area contributed by atoms with E-state index in [2.05, 4.69) is 56.4 Å². The SMILES string of the molecule is CCCNc1nc(C)nc(Nc2cccc(C)c2Br)c1C. The van der Waals surface area contributed by atoms with Crippen LogP contribution in [-0.4, -0.2) is 16.5 Å². The molecule has 2 aromatic rings. The Labute approximate surface area is 134 Å². The second-order valence-corrected chi connectivity index (χ2v) is 5.87. The first-order chi connectivity index (χ1) is 10.0. The first-order valence-corrected chi connectivity index (χ1v) is 7.93. The summed E-state index contributed by atoms with van der Waals surface area (Å²) >= 11 is 3.62. The maximum atomic E-state index is 4.52. The standard InChI is InChI=1S/C16H21BrN4/c1-5-9-18-15-11(3)16(20-12(4)19-15)21-13-8-6-7-10(2)14(13)17/h6-8H,5,9H2,1-4H3,(H2,18,19,20,21). The van der Waals surface area contributed by atoms with Gasteiger partial charge in [0, 0.05) is 16.6 Å². The zero-order valence-corrected chi connectivity index (χ0v) is 14.5. The van der Waals surface area contributed by atoms with Gasteiger partial charge in [0.1, 0.15) is 17.5 Å². The molecule has 0 aliphatic rings. The van der Waals surface area contributed by atoms with Gasteiger partial charge in [-0.25, -0.2) is 9.97 Å². The van der Waals surface area contributed by atoms with Crippen molar-refractivity contribution in [2.45, 2.75) is 34.1 Å². The van der Waals surface area contributed by atoms with E-state index in [4.69, 9.17) is 0 Å². The van der Waals surface area contributed by atoms with E-state index in [0.717, 1.165) is 46.1 Å². The highest BCUT2D eigenvalue weighted by Crippen LogP contribution is 2.30. The number of nitrogens with zero attached hydrogens (tertiary/aromatic N) is 2. The molecular weight excluding hydrogens is 328 g/mol. The number of nitrogens with one attached hydrogen (secondary N) is 2. The smallest absolute Gasteiger partial charge is 0.139 e. The summed E-state index contributed by atoms with van der Waals surface area (Å²) in [5, 5.41) is 6.75. The van der Waals surface area contributed by atoms with Gasteiger partial charge in [0.15, 0.2) is 0 Å². The Morgan fingerprint density at radius 3 is 2.52 bits per heavy atom. The fraction of sp³-hybridized carbons (Fsp3) is 0.375. The number of anilines is 3. The van der Waals surface area contributed by atoms with Crippen molar-refractivity contribution in [2.24, 2.45) is 0 Å². The summed E-state index contributed by atoms with van der Waals surface area (Å²) < 4.78 is 1.06. The van der Waals surface area contributed by atoms with Gasteiger partial charge in [-0.1, -0.05) is 19.1 Å². The van der Waals surface area contributed by atoms with Crippen LogP contribution in [0, 0.1) is 20.8 Å². The van der Waals surface area contributed by atoms with E-state index in [9.17, 15) is 0 Å². The van der Waals surface area contributed by atoms with Crippen LogP contribution in [0.4, 0.5) is 17.3 Å². The summed E-state index contributed by atoms with van der Waals surface area (Å²) in [4.78, 5) is 9.00. The summed E-state index contributed by atoms with van der Waals surface area (Å²) in [5.41, 5.74) is 3.23. The minimum absolute atomic E-state index is 0.755. The highest BCUT2D eigenvalue weighted by atomic mass is 79.9. The van der Waals surface area contributed by atoms with E-state index < -0.39 is 0 Å². The lowest BCUT2D eigenvalue weighted by atomic mass is 10.2. The predicted molar refractivity (Wildman–Crippen MR) is 92.4 cm³/mol. The molecule has 0 amide bonds. The van der Waals surface area contributed by atoms with Gasteiger partial charge in [0.2, 0.25) is 0 Å². The number of aromatic nitrogens is 2. The highest BCUT2D eigenvalue weighted by Gasteiger charge is 2.11. The van der Waals surface area contributed by atoms with Crippen LogP contribution in [0.2, 0.25) is 0 Å². The lowest BCUT2D eigenvalue weighted by Crippen LogP contribution is -2.09. The number of rotatable bonds is 5. The van der Waals surface area contributed by atoms with Crippen molar-refractivity contribution in [1.82, 2.24) is 9.97 Å². The summed E-state index contributed by atoms with van der Waals surface area (Å²) in [6, 6.07) is 6.14. The third kappa shape index (κ3) is 3.73. The van der Waals surface area contributed by atoms with Gasteiger partial charge in [-0.05, 0) is 54.8 Å². The normalized spacial score (nSPS) is 10.5. The second kappa shape index (κ2) is 6.89. The average molecular weight is 349 g/mol. The molecule has 0 aliphatic carbocycles. The Morgan fingerprint density at radius 2 is 1.81 bits per heavy atom. The molecular formula is C16H21BrN4. The van der Waals surface area contributed by atoms with Crippen LogP contribution in [0.3, 0.4) is 0 Å². The van der Waals surface area contributed by atoms with Crippen LogP contribution >= 0.6 is 15.9 Å². The molecule has 0 radical (unpaired) electrons. The average Bonchev–Trinajstić information content (AvgIpc) is 2.45. The van der Waals surface area contributed by atoms with E-state index in [1.165, 1.54) is 5.56 Å². The first kappa shape index (κ1) is 15.8. The van der Waals surface area contributed by atoms with Crippen LogP contribution < -0.4 is 10.6 Å². The lowest BCUT2D eigenvalue weighted by molar-refractivity contribution is 0.948. The molecule has 0 saturated heterocycles. The molecule has 0 spiro atoms. The third-order valence-electron chi connectivity index (χ3n) is 3.24. The fourth-order valence-corrected chi connectivity index (χ4v) is 2.40. The van der Waals surface area contributed by atoms with Crippen LogP contribution in [0.5, 0.6) is 0 Å². The Bertz CT molecular complexity index is 640. The summed E-state index contributed by atoms with van der Waals surface area (Å²) in [5.74, 6) is 2.49. The van der Waals surface area contributed by atoms with Gasteiger partial charge in [-0.3, -0.25) is 0 Å². The van der Waals surface area contributed by atoms with Crippen molar-refractivity contribution in [3.8, 4) is 0 Å². The number of hydrogen-bond donors (Lipinski definition) is 2. The van der Waals surface area contributed by atoms with Crippen molar-refractivity contribution >= 4 is 33.3 Å².